The Morgan fingerprint density at radius 2 is 1.83 bits per heavy atom. The summed E-state index contributed by atoms with van der Waals surface area (Å²) in [5.41, 5.74) is 5.24. The standard InChI is InChI=1S/C9H17N3O5S/c1-4(11-8(15)5(10)2-13)7(14)12-6(3-18)9(16)17/h4-6,13,18H,2-3,10H2,1H3,(H,11,15)(H,12,14)(H,16,17)/t4-,5-,6-/m0/s1. The van der Waals surface area contributed by atoms with Gasteiger partial charge in [0.2, 0.25) is 11.8 Å². The lowest BCUT2D eigenvalue weighted by Crippen LogP contribution is -2.54. The predicted octanol–water partition coefficient (Wildman–Crippen LogP) is -2.69. The van der Waals surface area contributed by atoms with E-state index in [4.69, 9.17) is 15.9 Å². The molecule has 3 atom stereocenters. The Hall–Kier alpha value is -1.32. The van der Waals surface area contributed by atoms with Gasteiger partial charge in [-0.1, -0.05) is 0 Å². The fourth-order valence-corrected chi connectivity index (χ4v) is 1.20. The van der Waals surface area contributed by atoms with Gasteiger partial charge in [0.15, 0.2) is 0 Å². The van der Waals surface area contributed by atoms with E-state index in [1.54, 1.807) is 0 Å². The highest BCUT2D eigenvalue weighted by Crippen LogP contribution is 1.92. The Morgan fingerprint density at radius 3 is 2.22 bits per heavy atom. The quantitative estimate of drug-likeness (QED) is 0.280. The second-order valence-corrected chi connectivity index (χ2v) is 3.97. The number of hydrogen-bond donors (Lipinski definition) is 6. The summed E-state index contributed by atoms with van der Waals surface area (Å²) in [5.74, 6) is -2.66. The summed E-state index contributed by atoms with van der Waals surface area (Å²) in [4.78, 5) is 33.5. The Kier molecular flexibility index (Phi) is 7.32. The predicted molar refractivity (Wildman–Crippen MR) is 66.1 cm³/mol. The van der Waals surface area contributed by atoms with Crippen LogP contribution in [0, 0.1) is 0 Å². The highest BCUT2D eigenvalue weighted by Gasteiger charge is 2.24. The van der Waals surface area contributed by atoms with E-state index >= 15 is 0 Å². The summed E-state index contributed by atoms with van der Waals surface area (Å²) in [6, 6.07) is -3.22. The van der Waals surface area contributed by atoms with Gasteiger partial charge < -0.3 is 26.6 Å². The molecular weight excluding hydrogens is 262 g/mol. The van der Waals surface area contributed by atoms with Crippen LogP contribution in [0.3, 0.4) is 0 Å². The normalized spacial score (nSPS) is 15.3. The number of aliphatic hydroxyl groups is 1. The SMILES string of the molecule is C[C@H](NC(=O)[C@@H](N)CO)C(=O)N[C@@H](CS)C(=O)O. The first kappa shape index (κ1) is 16.7. The molecule has 18 heavy (non-hydrogen) atoms. The molecule has 0 aromatic heterocycles. The molecule has 0 aliphatic carbocycles. The third kappa shape index (κ3) is 5.34. The van der Waals surface area contributed by atoms with Crippen molar-refractivity contribution >= 4 is 30.4 Å². The Balaban J connectivity index is 4.34. The second-order valence-electron chi connectivity index (χ2n) is 3.60. The smallest absolute Gasteiger partial charge is 0.327 e. The number of carbonyl (C=O) groups excluding carboxylic acids is 2. The third-order valence-electron chi connectivity index (χ3n) is 2.08. The fraction of sp³-hybridized carbons (Fsp3) is 0.667. The van der Waals surface area contributed by atoms with Crippen LogP contribution in [0.15, 0.2) is 0 Å². The first-order valence-electron chi connectivity index (χ1n) is 5.14. The van der Waals surface area contributed by atoms with Gasteiger partial charge in [-0.2, -0.15) is 12.6 Å². The fourth-order valence-electron chi connectivity index (χ4n) is 0.951. The number of rotatable bonds is 7. The lowest BCUT2D eigenvalue weighted by molar-refractivity contribution is -0.141. The number of aliphatic carboxylic acids is 1. The van der Waals surface area contributed by atoms with Crippen LogP contribution in [0.4, 0.5) is 0 Å². The van der Waals surface area contributed by atoms with Gasteiger partial charge >= 0.3 is 5.97 Å². The van der Waals surface area contributed by atoms with E-state index in [2.05, 4.69) is 23.3 Å². The number of nitrogens with one attached hydrogen (secondary N) is 2. The minimum atomic E-state index is -1.22. The first-order valence-corrected chi connectivity index (χ1v) is 5.77. The molecule has 0 spiro atoms. The monoisotopic (exact) mass is 279 g/mol. The number of carboxylic acid groups (broad SMARTS) is 1. The van der Waals surface area contributed by atoms with Crippen molar-refractivity contribution in [3.05, 3.63) is 0 Å². The number of thiol groups is 1. The van der Waals surface area contributed by atoms with E-state index in [0.29, 0.717) is 0 Å². The van der Waals surface area contributed by atoms with E-state index in [1.807, 2.05) is 0 Å². The second kappa shape index (κ2) is 7.90. The van der Waals surface area contributed by atoms with E-state index in [-0.39, 0.29) is 5.75 Å². The summed E-state index contributed by atoms with van der Waals surface area (Å²) in [7, 11) is 0. The molecule has 0 aromatic carbocycles. The zero-order valence-electron chi connectivity index (χ0n) is 9.79. The van der Waals surface area contributed by atoms with Gasteiger partial charge in [0.05, 0.1) is 6.61 Å². The molecule has 0 radical (unpaired) electrons. The van der Waals surface area contributed by atoms with Crippen LogP contribution >= 0.6 is 12.6 Å². The molecular formula is C9H17N3O5S. The topological polar surface area (TPSA) is 142 Å². The van der Waals surface area contributed by atoms with Crippen molar-refractivity contribution in [3.63, 3.8) is 0 Å². The van der Waals surface area contributed by atoms with Gasteiger partial charge in [-0.25, -0.2) is 4.79 Å². The van der Waals surface area contributed by atoms with E-state index in [9.17, 15) is 14.4 Å². The summed E-state index contributed by atoms with van der Waals surface area (Å²) in [6.45, 7) is 0.823. The Bertz CT molecular complexity index is 325. The summed E-state index contributed by atoms with van der Waals surface area (Å²) in [6.07, 6.45) is 0. The molecule has 0 bridgehead atoms. The van der Waals surface area contributed by atoms with Gasteiger partial charge in [-0.15, -0.1) is 0 Å². The van der Waals surface area contributed by atoms with Gasteiger partial charge in [0, 0.05) is 5.75 Å². The number of amides is 2. The molecule has 0 saturated heterocycles. The third-order valence-corrected chi connectivity index (χ3v) is 2.45. The molecule has 6 N–H and O–H groups in total. The van der Waals surface area contributed by atoms with Crippen molar-refractivity contribution < 1.29 is 24.6 Å². The van der Waals surface area contributed by atoms with Crippen LogP contribution in [0.25, 0.3) is 0 Å². The van der Waals surface area contributed by atoms with E-state index in [0.717, 1.165) is 0 Å². The number of carbonyl (C=O) groups is 3. The zero-order chi connectivity index (χ0) is 14.3. The number of nitrogens with two attached hydrogens (primary N) is 1. The van der Waals surface area contributed by atoms with Gasteiger partial charge in [-0.05, 0) is 6.92 Å². The maximum absolute atomic E-state index is 11.5. The van der Waals surface area contributed by atoms with Crippen molar-refractivity contribution in [2.75, 3.05) is 12.4 Å². The van der Waals surface area contributed by atoms with Crippen molar-refractivity contribution in [2.45, 2.75) is 25.0 Å². The van der Waals surface area contributed by atoms with Crippen molar-refractivity contribution in [1.29, 1.82) is 0 Å². The number of hydrogen-bond acceptors (Lipinski definition) is 6. The molecule has 9 heteroatoms. The number of aliphatic hydroxyl groups excluding tert-OH is 1. The maximum atomic E-state index is 11.5. The average molecular weight is 279 g/mol. The molecule has 0 rings (SSSR count). The average Bonchev–Trinajstić information content (AvgIpc) is 2.33. The summed E-state index contributed by atoms with van der Waals surface area (Å²) in [5, 5.41) is 21.8. The number of carboxylic acids is 1. The Morgan fingerprint density at radius 1 is 1.28 bits per heavy atom. The minimum Gasteiger partial charge on any atom is -0.480 e. The largest absolute Gasteiger partial charge is 0.480 e. The summed E-state index contributed by atoms with van der Waals surface area (Å²) >= 11 is 3.78. The molecule has 0 heterocycles. The molecule has 2 amide bonds. The molecule has 0 unspecified atom stereocenters. The Labute approximate surface area is 109 Å². The lowest BCUT2D eigenvalue weighted by atomic mass is 10.2. The minimum absolute atomic E-state index is 0.0715. The van der Waals surface area contributed by atoms with Crippen LogP contribution in [-0.4, -0.2) is 58.5 Å². The molecule has 104 valence electrons. The van der Waals surface area contributed by atoms with Crippen molar-refractivity contribution in [1.82, 2.24) is 10.6 Å². The first-order chi connectivity index (χ1) is 8.33. The highest BCUT2D eigenvalue weighted by molar-refractivity contribution is 7.80. The van der Waals surface area contributed by atoms with Crippen LogP contribution in [0.1, 0.15) is 6.92 Å². The van der Waals surface area contributed by atoms with Crippen LogP contribution < -0.4 is 16.4 Å². The molecule has 0 aliphatic heterocycles. The molecule has 8 nitrogen and oxygen atoms in total. The zero-order valence-corrected chi connectivity index (χ0v) is 10.7. The molecule has 0 aromatic rings. The van der Waals surface area contributed by atoms with E-state index < -0.39 is 42.5 Å². The van der Waals surface area contributed by atoms with Crippen LogP contribution in [0.5, 0.6) is 0 Å². The highest BCUT2D eigenvalue weighted by atomic mass is 32.1. The van der Waals surface area contributed by atoms with Crippen LogP contribution in [0.2, 0.25) is 0 Å². The van der Waals surface area contributed by atoms with Gasteiger partial charge in [0.1, 0.15) is 18.1 Å². The molecule has 0 fully saturated rings. The van der Waals surface area contributed by atoms with Gasteiger partial charge in [0.25, 0.3) is 0 Å². The van der Waals surface area contributed by atoms with E-state index in [1.165, 1.54) is 6.92 Å². The lowest BCUT2D eigenvalue weighted by Gasteiger charge is -2.18. The van der Waals surface area contributed by atoms with Crippen molar-refractivity contribution in [2.24, 2.45) is 5.73 Å². The van der Waals surface area contributed by atoms with Crippen molar-refractivity contribution in [3.8, 4) is 0 Å². The van der Waals surface area contributed by atoms with Crippen LogP contribution in [-0.2, 0) is 14.4 Å². The van der Waals surface area contributed by atoms with Gasteiger partial charge in [-0.3, -0.25) is 9.59 Å². The maximum Gasteiger partial charge on any atom is 0.327 e. The molecule has 0 aliphatic rings. The molecule has 0 saturated carbocycles. The summed E-state index contributed by atoms with van der Waals surface area (Å²) < 4.78 is 0.